The second-order valence-corrected chi connectivity index (χ2v) is 4.29. The molecule has 0 radical (unpaired) electrons. The zero-order valence-electron chi connectivity index (χ0n) is 9.35. The van der Waals surface area contributed by atoms with Crippen LogP contribution in [0.3, 0.4) is 0 Å². The number of alkyl halides is 3. The first-order valence-electron chi connectivity index (χ1n) is 5.03. The summed E-state index contributed by atoms with van der Waals surface area (Å²) in [6.07, 6.45) is -4.79. The van der Waals surface area contributed by atoms with Crippen molar-refractivity contribution in [3.8, 4) is 16.7 Å². The highest BCUT2D eigenvalue weighted by Crippen LogP contribution is 2.35. The number of para-hydroxylation sites is 2. The highest BCUT2D eigenvalue weighted by atomic mass is 32.1. The molecule has 102 valence electrons. The number of aromatic nitrogens is 2. The van der Waals surface area contributed by atoms with Gasteiger partial charge >= 0.3 is 6.36 Å². The normalized spacial score (nSPS) is 11.4. The van der Waals surface area contributed by atoms with Crippen LogP contribution in [0.2, 0.25) is 0 Å². The summed E-state index contributed by atoms with van der Waals surface area (Å²) < 4.78 is 45.6. The summed E-state index contributed by atoms with van der Waals surface area (Å²) in [5.74, 6) is -0.543. The van der Waals surface area contributed by atoms with Crippen LogP contribution in [0.1, 0.15) is 5.01 Å². The van der Waals surface area contributed by atoms with Gasteiger partial charge in [-0.1, -0.05) is 28.6 Å². The molecule has 0 aliphatic rings. The molecule has 0 unspecified atom stereocenters. The molecule has 1 aromatic heterocycles. The zero-order chi connectivity index (χ0) is 13.9. The molecule has 2 N–H and O–H groups in total. The molecule has 0 aliphatic carbocycles. The Morgan fingerprint density at radius 2 is 1.84 bits per heavy atom. The maximum Gasteiger partial charge on any atom is 0.573 e. The molecule has 0 bridgehead atoms. The van der Waals surface area contributed by atoms with Gasteiger partial charge in [-0.3, -0.25) is 0 Å². The Bertz CT molecular complexity index is 559. The van der Waals surface area contributed by atoms with Crippen molar-refractivity contribution in [2.24, 2.45) is 5.73 Å². The fourth-order valence-corrected chi connectivity index (χ4v) is 1.78. The van der Waals surface area contributed by atoms with Gasteiger partial charge in [-0.2, -0.15) is 0 Å². The number of hydrogen-bond donors (Lipinski definition) is 1. The Kier molecular flexibility index (Phi) is 3.86. The molecule has 0 amide bonds. The van der Waals surface area contributed by atoms with Gasteiger partial charge in [0.1, 0.15) is 5.01 Å². The Morgan fingerprint density at radius 1 is 1.16 bits per heavy atom. The zero-order valence-corrected chi connectivity index (χ0v) is 10.2. The van der Waals surface area contributed by atoms with Crippen LogP contribution in [-0.4, -0.2) is 16.6 Å². The maximum atomic E-state index is 12.2. The molecule has 9 heteroatoms. The van der Waals surface area contributed by atoms with Crippen LogP contribution in [-0.2, 0) is 6.54 Å². The van der Waals surface area contributed by atoms with E-state index in [2.05, 4.69) is 14.9 Å². The van der Waals surface area contributed by atoms with Gasteiger partial charge in [0.2, 0.25) is 0 Å². The molecule has 0 spiro atoms. The summed E-state index contributed by atoms with van der Waals surface area (Å²) in [5, 5.41) is 7.95. The molecule has 1 heterocycles. The highest BCUT2D eigenvalue weighted by molar-refractivity contribution is 7.13. The Labute approximate surface area is 109 Å². The molecule has 0 saturated heterocycles. The third-order valence-electron chi connectivity index (χ3n) is 1.90. The van der Waals surface area contributed by atoms with E-state index in [-0.39, 0.29) is 17.5 Å². The van der Waals surface area contributed by atoms with Crippen molar-refractivity contribution in [1.82, 2.24) is 10.2 Å². The molecule has 5 nitrogen and oxygen atoms in total. The Morgan fingerprint density at radius 3 is 2.42 bits per heavy atom. The summed E-state index contributed by atoms with van der Waals surface area (Å²) in [7, 11) is 0. The average molecular weight is 291 g/mol. The van der Waals surface area contributed by atoms with E-state index < -0.39 is 12.1 Å². The van der Waals surface area contributed by atoms with Gasteiger partial charge in [0.25, 0.3) is 5.19 Å². The van der Waals surface area contributed by atoms with Crippen LogP contribution in [0.25, 0.3) is 0 Å². The van der Waals surface area contributed by atoms with Crippen molar-refractivity contribution in [3.05, 3.63) is 29.3 Å². The van der Waals surface area contributed by atoms with Crippen LogP contribution < -0.4 is 15.2 Å². The van der Waals surface area contributed by atoms with Gasteiger partial charge in [-0.25, -0.2) is 0 Å². The molecule has 0 atom stereocenters. The third-order valence-corrected chi connectivity index (χ3v) is 2.72. The number of nitrogens with two attached hydrogens (primary N) is 1. The number of hydrogen-bond acceptors (Lipinski definition) is 6. The third kappa shape index (κ3) is 3.80. The maximum absolute atomic E-state index is 12.2. The molecular weight excluding hydrogens is 283 g/mol. The molecule has 1 aromatic carbocycles. The standard InChI is InChI=1S/C10H8F3N3O2S/c11-10(12,13)18-7-4-2-1-3-6(7)17-9-16-15-8(5-14)19-9/h1-4H,5,14H2. The monoisotopic (exact) mass is 291 g/mol. The lowest BCUT2D eigenvalue weighted by atomic mass is 10.3. The minimum atomic E-state index is -4.79. The summed E-state index contributed by atoms with van der Waals surface area (Å²) >= 11 is 1.05. The van der Waals surface area contributed by atoms with Gasteiger partial charge < -0.3 is 15.2 Å². The van der Waals surface area contributed by atoms with Crippen LogP contribution >= 0.6 is 11.3 Å². The fourth-order valence-electron chi connectivity index (χ4n) is 1.20. The van der Waals surface area contributed by atoms with Crippen molar-refractivity contribution in [2.75, 3.05) is 0 Å². The van der Waals surface area contributed by atoms with E-state index in [0.29, 0.717) is 5.01 Å². The molecule has 0 fully saturated rings. The van der Waals surface area contributed by atoms with E-state index in [4.69, 9.17) is 10.5 Å². The minimum Gasteiger partial charge on any atom is -0.426 e. The first-order chi connectivity index (χ1) is 8.98. The van der Waals surface area contributed by atoms with Gasteiger partial charge in [-0.05, 0) is 12.1 Å². The largest absolute Gasteiger partial charge is 0.573 e. The van der Waals surface area contributed by atoms with E-state index >= 15 is 0 Å². The van der Waals surface area contributed by atoms with Crippen molar-refractivity contribution < 1.29 is 22.6 Å². The van der Waals surface area contributed by atoms with E-state index in [0.717, 1.165) is 17.4 Å². The van der Waals surface area contributed by atoms with E-state index in [1.165, 1.54) is 18.2 Å². The average Bonchev–Trinajstić information content (AvgIpc) is 2.78. The Balaban J connectivity index is 2.20. The van der Waals surface area contributed by atoms with Gasteiger partial charge in [-0.15, -0.1) is 18.3 Å². The smallest absolute Gasteiger partial charge is 0.426 e. The lowest BCUT2D eigenvalue weighted by Crippen LogP contribution is -2.17. The molecule has 2 rings (SSSR count). The second kappa shape index (κ2) is 5.41. The van der Waals surface area contributed by atoms with Crippen LogP contribution in [0.5, 0.6) is 16.7 Å². The van der Waals surface area contributed by atoms with E-state index in [9.17, 15) is 13.2 Å². The van der Waals surface area contributed by atoms with E-state index in [1.807, 2.05) is 0 Å². The fraction of sp³-hybridized carbons (Fsp3) is 0.200. The topological polar surface area (TPSA) is 70.3 Å². The van der Waals surface area contributed by atoms with Crippen LogP contribution in [0.15, 0.2) is 24.3 Å². The highest BCUT2D eigenvalue weighted by Gasteiger charge is 2.32. The predicted molar refractivity (Wildman–Crippen MR) is 61.0 cm³/mol. The van der Waals surface area contributed by atoms with Gasteiger partial charge in [0.15, 0.2) is 11.5 Å². The lowest BCUT2D eigenvalue weighted by Gasteiger charge is -2.11. The van der Waals surface area contributed by atoms with Crippen molar-refractivity contribution in [3.63, 3.8) is 0 Å². The first kappa shape index (κ1) is 13.6. The summed E-state index contributed by atoms with van der Waals surface area (Å²) in [6, 6.07) is 5.40. The van der Waals surface area contributed by atoms with Crippen LogP contribution in [0, 0.1) is 0 Å². The summed E-state index contributed by atoms with van der Waals surface area (Å²) in [5.41, 5.74) is 5.35. The molecule has 0 aliphatic heterocycles. The molecule has 0 saturated carbocycles. The summed E-state index contributed by atoms with van der Waals surface area (Å²) in [6.45, 7) is 0.182. The van der Waals surface area contributed by atoms with Crippen molar-refractivity contribution in [2.45, 2.75) is 12.9 Å². The number of benzene rings is 1. The van der Waals surface area contributed by atoms with Crippen molar-refractivity contribution in [1.29, 1.82) is 0 Å². The first-order valence-corrected chi connectivity index (χ1v) is 5.84. The van der Waals surface area contributed by atoms with Gasteiger partial charge in [0.05, 0.1) is 0 Å². The quantitative estimate of drug-likeness (QED) is 0.937. The van der Waals surface area contributed by atoms with Crippen LogP contribution in [0.4, 0.5) is 13.2 Å². The molecular formula is C10H8F3N3O2S. The number of halogens is 3. The number of ether oxygens (including phenoxy) is 2. The van der Waals surface area contributed by atoms with E-state index in [1.54, 1.807) is 0 Å². The Hall–Kier alpha value is -1.87. The number of nitrogens with zero attached hydrogens (tertiary/aromatic N) is 2. The second-order valence-electron chi connectivity index (χ2n) is 3.26. The van der Waals surface area contributed by atoms with Gasteiger partial charge in [0, 0.05) is 6.54 Å². The molecule has 19 heavy (non-hydrogen) atoms. The minimum absolute atomic E-state index is 0.0960. The number of rotatable bonds is 4. The summed E-state index contributed by atoms with van der Waals surface area (Å²) in [4.78, 5) is 0. The predicted octanol–water partition coefficient (Wildman–Crippen LogP) is 2.69. The van der Waals surface area contributed by atoms with Crippen molar-refractivity contribution >= 4 is 11.3 Å². The molecule has 2 aromatic rings. The SMILES string of the molecule is NCc1nnc(Oc2ccccc2OC(F)(F)F)s1. The lowest BCUT2D eigenvalue weighted by molar-refractivity contribution is -0.275.